The first kappa shape index (κ1) is 19.6. The molecule has 1 atom stereocenters. The number of benzene rings is 2. The predicted molar refractivity (Wildman–Crippen MR) is 107 cm³/mol. The number of amides is 1. The van der Waals surface area contributed by atoms with Crippen molar-refractivity contribution in [3.05, 3.63) is 58.7 Å². The summed E-state index contributed by atoms with van der Waals surface area (Å²) in [6.45, 7) is 8.33. The minimum Gasteiger partial charge on any atom is -0.312 e. The molecule has 0 fully saturated rings. The van der Waals surface area contributed by atoms with Crippen molar-refractivity contribution in [1.29, 1.82) is 0 Å². The first-order valence-corrected chi connectivity index (χ1v) is 10.7. The SMILES string of the molecule is CCC(=O)N1CCc2cc(S(=O)(=O)N[C@@H](C)c3ccc(C)c(C)c3)ccc21. The number of fused-ring (bicyclic) bond motifs is 1. The molecule has 0 spiro atoms. The van der Waals surface area contributed by atoms with Crippen LogP contribution in [0.15, 0.2) is 41.3 Å². The number of sulfonamides is 1. The highest BCUT2D eigenvalue weighted by atomic mass is 32.2. The number of nitrogens with one attached hydrogen (secondary N) is 1. The summed E-state index contributed by atoms with van der Waals surface area (Å²) in [5.74, 6) is 0.0610. The molecule has 3 rings (SSSR count). The average molecular weight is 387 g/mol. The summed E-state index contributed by atoms with van der Waals surface area (Å²) in [4.78, 5) is 14.0. The molecular weight excluding hydrogens is 360 g/mol. The van der Waals surface area contributed by atoms with Gasteiger partial charge in [-0.1, -0.05) is 25.1 Å². The van der Waals surface area contributed by atoms with Gasteiger partial charge in [0.15, 0.2) is 0 Å². The Morgan fingerprint density at radius 3 is 2.56 bits per heavy atom. The normalized spacial score (nSPS) is 14.9. The molecule has 5 nitrogen and oxygen atoms in total. The van der Waals surface area contributed by atoms with Crippen LogP contribution in [0, 0.1) is 13.8 Å². The zero-order valence-corrected chi connectivity index (χ0v) is 17.1. The number of aryl methyl sites for hydroxylation is 2. The van der Waals surface area contributed by atoms with E-state index in [-0.39, 0.29) is 16.8 Å². The molecular formula is C21H26N2O3S. The van der Waals surface area contributed by atoms with E-state index < -0.39 is 10.0 Å². The van der Waals surface area contributed by atoms with Crippen LogP contribution in [0.2, 0.25) is 0 Å². The number of anilines is 1. The van der Waals surface area contributed by atoms with Crippen molar-refractivity contribution in [3.8, 4) is 0 Å². The molecule has 2 aromatic rings. The third-order valence-corrected chi connectivity index (χ3v) is 6.76. The maximum absolute atomic E-state index is 12.8. The lowest BCUT2D eigenvalue weighted by molar-refractivity contribution is -0.118. The zero-order chi connectivity index (χ0) is 19.8. The highest BCUT2D eigenvalue weighted by molar-refractivity contribution is 7.89. The maximum Gasteiger partial charge on any atom is 0.241 e. The molecule has 2 aromatic carbocycles. The van der Waals surface area contributed by atoms with Gasteiger partial charge in [0.2, 0.25) is 15.9 Å². The molecule has 0 saturated carbocycles. The Morgan fingerprint density at radius 2 is 1.89 bits per heavy atom. The summed E-state index contributed by atoms with van der Waals surface area (Å²) < 4.78 is 28.5. The minimum absolute atomic E-state index is 0.0610. The van der Waals surface area contributed by atoms with E-state index in [2.05, 4.69) is 4.72 Å². The van der Waals surface area contributed by atoms with Gasteiger partial charge in [0.05, 0.1) is 4.90 Å². The van der Waals surface area contributed by atoms with E-state index >= 15 is 0 Å². The molecule has 0 saturated heterocycles. The Morgan fingerprint density at radius 1 is 1.15 bits per heavy atom. The van der Waals surface area contributed by atoms with Gasteiger partial charge in [0.1, 0.15) is 0 Å². The average Bonchev–Trinajstić information content (AvgIpc) is 3.06. The molecule has 0 unspecified atom stereocenters. The highest BCUT2D eigenvalue weighted by Crippen LogP contribution is 2.31. The van der Waals surface area contributed by atoms with Crippen molar-refractivity contribution in [2.75, 3.05) is 11.4 Å². The van der Waals surface area contributed by atoms with Gasteiger partial charge in [-0.3, -0.25) is 4.79 Å². The molecule has 1 heterocycles. The summed E-state index contributed by atoms with van der Waals surface area (Å²) in [5, 5.41) is 0. The predicted octanol–water partition coefficient (Wildman–Crippen LogP) is 3.64. The zero-order valence-electron chi connectivity index (χ0n) is 16.2. The first-order valence-electron chi connectivity index (χ1n) is 9.25. The number of nitrogens with zero attached hydrogens (tertiary/aromatic N) is 1. The Labute approximate surface area is 161 Å². The smallest absolute Gasteiger partial charge is 0.241 e. The van der Waals surface area contributed by atoms with Crippen LogP contribution >= 0.6 is 0 Å². The fraction of sp³-hybridized carbons (Fsp3) is 0.381. The summed E-state index contributed by atoms with van der Waals surface area (Å²) in [6, 6.07) is 10.6. The lowest BCUT2D eigenvalue weighted by atomic mass is 10.0. The number of hydrogen-bond donors (Lipinski definition) is 1. The highest BCUT2D eigenvalue weighted by Gasteiger charge is 2.26. The van der Waals surface area contributed by atoms with Crippen molar-refractivity contribution in [2.45, 2.75) is 51.5 Å². The van der Waals surface area contributed by atoms with Crippen molar-refractivity contribution < 1.29 is 13.2 Å². The van der Waals surface area contributed by atoms with E-state index in [4.69, 9.17) is 0 Å². The van der Waals surface area contributed by atoms with Crippen LogP contribution in [-0.4, -0.2) is 20.9 Å². The van der Waals surface area contributed by atoms with E-state index in [0.717, 1.165) is 22.4 Å². The number of carbonyl (C=O) groups excluding carboxylic acids is 1. The number of hydrogen-bond acceptors (Lipinski definition) is 3. The van der Waals surface area contributed by atoms with Crippen LogP contribution in [0.5, 0.6) is 0 Å². The van der Waals surface area contributed by atoms with Gasteiger partial charge in [-0.25, -0.2) is 13.1 Å². The van der Waals surface area contributed by atoms with Gasteiger partial charge in [-0.05, 0) is 67.6 Å². The Kier molecular flexibility index (Phi) is 5.40. The van der Waals surface area contributed by atoms with Crippen LogP contribution in [0.1, 0.15) is 48.6 Å². The molecule has 0 radical (unpaired) electrons. The van der Waals surface area contributed by atoms with Gasteiger partial charge in [0.25, 0.3) is 0 Å². The van der Waals surface area contributed by atoms with E-state index in [0.29, 0.717) is 19.4 Å². The molecule has 0 aliphatic carbocycles. The van der Waals surface area contributed by atoms with Crippen molar-refractivity contribution in [2.24, 2.45) is 0 Å². The number of rotatable bonds is 5. The van der Waals surface area contributed by atoms with Crippen LogP contribution in [0.25, 0.3) is 0 Å². The second-order valence-electron chi connectivity index (χ2n) is 7.13. The van der Waals surface area contributed by atoms with E-state index in [1.54, 1.807) is 23.1 Å². The second kappa shape index (κ2) is 7.44. The van der Waals surface area contributed by atoms with Crippen LogP contribution in [0.4, 0.5) is 5.69 Å². The van der Waals surface area contributed by atoms with E-state index in [1.807, 2.05) is 45.9 Å². The molecule has 144 valence electrons. The Hall–Kier alpha value is -2.18. The second-order valence-corrected chi connectivity index (χ2v) is 8.84. The van der Waals surface area contributed by atoms with Gasteiger partial charge in [-0.15, -0.1) is 0 Å². The number of carbonyl (C=O) groups is 1. The van der Waals surface area contributed by atoms with Crippen molar-refractivity contribution >= 4 is 21.6 Å². The first-order chi connectivity index (χ1) is 12.7. The summed E-state index contributed by atoms with van der Waals surface area (Å²) in [6.07, 6.45) is 1.12. The molecule has 0 aromatic heterocycles. The lowest BCUT2D eigenvalue weighted by Crippen LogP contribution is -2.28. The maximum atomic E-state index is 12.8. The van der Waals surface area contributed by atoms with E-state index in [1.165, 1.54) is 5.56 Å². The largest absolute Gasteiger partial charge is 0.312 e. The molecule has 1 N–H and O–H groups in total. The topological polar surface area (TPSA) is 66.5 Å². The third kappa shape index (κ3) is 3.92. The fourth-order valence-corrected chi connectivity index (χ4v) is 4.68. The summed E-state index contributed by atoms with van der Waals surface area (Å²) >= 11 is 0. The summed E-state index contributed by atoms with van der Waals surface area (Å²) in [5.41, 5.74) is 4.97. The van der Waals surface area contributed by atoms with Gasteiger partial charge in [0, 0.05) is 24.7 Å². The molecule has 0 bridgehead atoms. The van der Waals surface area contributed by atoms with Crippen LogP contribution < -0.4 is 9.62 Å². The monoisotopic (exact) mass is 386 g/mol. The summed E-state index contributed by atoms with van der Waals surface area (Å²) in [7, 11) is -3.65. The standard InChI is InChI=1S/C21H26N2O3S/c1-5-21(24)23-11-10-18-13-19(8-9-20(18)23)27(25,26)22-16(4)17-7-6-14(2)15(3)12-17/h6-9,12-13,16,22H,5,10-11H2,1-4H3/t16-/m0/s1. The quantitative estimate of drug-likeness (QED) is 0.853. The fourth-order valence-electron chi connectivity index (χ4n) is 3.40. The Bertz CT molecular complexity index is 983. The molecule has 6 heteroatoms. The van der Waals surface area contributed by atoms with Crippen molar-refractivity contribution in [1.82, 2.24) is 4.72 Å². The van der Waals surface area contributed by atoms with Gasteiger partial charge in [-0.2, -0.15) is 0 Å². The van der Waals surface area contributed by atoms with Crippen LogP contribution in [0.3, 0.4) is 0 Å². The third-order valence-electron chi connectivity index (χ3n) is 5.22. The van der Waals surface area contributed by atoms with Crippen LogP contribution in [-0.2, 0) is 21.2 Å². The minimum atomic E-state index is -3.65. The van der Waals surface area contributed by atoms with E-state index in [9.17, 15) is 13.2 Å². The molecule has 1 amide bonds. The molecule has 27 heavy (non-hydrogen) atoms. The Balaban J connectivity index is 1.83. The molecule has 1 aliphatic heterocycles. The lowest BCUT2D eigenvalue weighted by Gasteiger charge is -2.18. The van der Waals surface area contributed by atoms with Gasteiger partial charge >= 0.3 is 0 Å². The molecule has 1 aliphatic rings. The van der Waals surface area contributed by atoms with Gasteiger partial charge < -0.3 is 4.90 Å². The van der Waals surface area contributed by atoms with Crippen molar-refractivity contribution in [3.63, 3.8) is 0 Å².